The van der Waals surface area contributed by atoms with Crippen molar-refractivity contribution in [3.63, 3.8) is 0 Å². The second-order valence-electron chi connectivity index (χ2n) is 5.56. The number of rotatable bonds is 4. The maximum absolute atomic E-state index is 12.0. The molecule has 0 bridgehead atoms. The zero-order chi connectivity index (χ0) is 15.4. The molecule has 3 nitrogen and oxygen atoms in total. The Bertz CT molecular complexity index is 464. The Labute approximate surface area is 116 Å². The maximum Gasteiger partial charge on any atom is 0.401 e. The summed E-state index contributed by atoms with van der Waals surface area (Å²) in [4.78, 5) is 11.6. The first-order valence-electron chi connectivity index (χ1n) is 6.26. The van der Waals surface area contributed by atoms with Crippen molar-refractivity contribution >= 4 is 11.6 Å². The molecule has 0 saturated carbocycles. The quantitative estimate of drug-likeness (QED) is 0.894. The van der Waals surface area contributed by atoms with Gasteiger partial charge in [-0.05, 0) is 17.0 Å². The summed E-state index contributed by atoms with van der Waals surface area (Å²) >= 11 is 0. The highest BCUT2D eigenvalue weighted by molar-refractivity contribution is 5.93. The van der Waals surface area contributed by atoms with Gasteiger partial charge in [0.25, 0.3) is 0 Å². The molecule has 0 atom stereocenters. The third-order valence-electron chi connectivity index (χ3n) is 2.62. The molecule has 0 saturated heterocycles. The topological polar surface area (TPSA) is 41.1 Å². The highest BCUT2D eigenvalue weighted by Crippen LogP contribution is 2.29. The second kappa shape index (κ2) is 6.26. The van der Waals surface area contributed by atoms with Crippen molar-refractivity contribution < 1.29 is 18.0 Å². The lowest BCUT2D eigenvalue weighted by molar-refractivity contribution is -0.126. The molecule has 0 aliphatic rings. The number of carbonyl (C=O) groups excluding carboxylic acids is 1. The summed E-state index contributed by atoms with van der Waals surface area (Å²) in [5.74, 6) is -0.494. The molecule has 0 heterocycles. The van der Waals surface area contributed by atoms with Crippen LogP contribution in [0.1, 0.15) is 26.3 Å². The monoisotopic (exact) mass is 288 g/mol. The van der Waals surface area contributed by atoms with E-state index in [1.165, 1.54) is 0 Å². The van der Waals surface area contributed by atoms with Crippen LogP contribution in [0, 0.1) is 0 Å². The molecular formula is C14H19F3N2O. The molecule has 112 valence electrons. The van der Waals surface area contributed by atoms with Crippen LogP contribution in [0.5, 0.6) is 0 Å². The molecule has 0 aromatic heterocycles. The Morgan fingerprint density at radius 1 is 1.15 bits per heavy atom. The van der Waals surface area contributed by atoms with E-state index in [-0.39, 0.29) is 12.0 Å². The predicted octanol–water partition coefficient (Wildman–Crippen LogP) is 3.07. The number of para-hydroxylation sites is 1. The lowest BCUT2D eigenvalue weighted by atomic mass is 9.86. The van der Waals surface area contributed by atoms with Gasteiger partial charge in [-0.25, -0.2) is 0 Å². The molecule has 1 aromatic carbocycles. The van der Waals surface area contributed by atoms with E-state index in [2.05, 4.69) is 10.6 Å². The largest absolute Gasteiger partial charge is 0.401 e. The zero-order valence-corrected chi connectivity index (χ0v) is 11.8. The van der Waals surface area contributed by atoms with E-state index in [0.717, 1.165) is 5.56 Å². The molecule has 0 fully saturated rings. The molecule has 6 heteroatoms. The number of alkyl halides is 3. The van der Waals surface area contributed by atoms with E-state index in [1.807, 2.05) is 32.9 Å². The Balaban J connectivity index is 2.63. The molecule has 0 unspecified atom stereocenters. The number of hydrogen-bond donors (Lipinski definition) is 2. The van der Waals surface area contributed by atoms with Crippen molar-refractivity contribution in [2.24, 2.45) is 0 Å². The molecule has 0 radical (unpaired) electrons. The summed E-state index contributed by atoms with van der Waals surface area (Å²) in [7, 11) is 0. The summed E-state index contributed by atoms with van der Waals surface area (Å²) in [6.07, 6.45) is -4.32. The molecule has 2 N–H and O–H groups in total. The van der Waals surface area contributed by atoms with Crippen LogP contribution in [-0.4, -0.2) is 25.2 Å². The van der Waals surface area contributed by atoms with Gasteiger partial charge in [0.1, 0.15) is 0 Å². The average Bonchev–Trinajstić information content (AvgIpc) is 2.26. The van der Waals surface area contributed by atoms with Crippen LogP contribution in [0.25, 0.3) is 0 Å². The molecule has 20 heavy (non-hydrogen) atoms. The second-order valence-corrected chi connectivity index (χ2v) is 5.56. The predicted molar refractivity (Wildman–Crippen MR) is 72.7 cm³/mol. The van der Waals surface area contributed by atoms with Crippen LogP contribution in [0.2, 0.25) is 0 Å². The Morgan fingerprint density at radius 2 is 1.75 bits per heavy atom. The number of halogens is 3. The first-order valence-corrected chi connectivity index (χ1v) is 6.26. The van der Waals surface area contributed by atoms with Crippen molar-refractivity contribution in [2.75, 3.05) is 18.4 Å². The Morgan fingerprint density at radius 3 is 2.30 bits per heavy atom. The lowest BCUT2D eigenvalue weighted by Crippen LogP contribution is -2.35. The molecule has 0 aliphatic heterocycles. The number of hydrogen-bond acceptors (Lipinski definition) is 2. The third kappa shape index (κ3) is 5.61. The van der Waals surface area contributed by atoms with Crippen LogP contribution in [0.15, 0.2) is 24.3 Å². The zero-order valence-electron chi connectivity index (χ0n) is 11.8. The standard InChI is InChI=1S/C14H19F3N2O/c1-13(2,3)10-6-4-5-7-11(10)19-12(20)8-18-9-14(15,16)17/h4-7,18H,8-9H2,1-3H3,(H,19,20). The molecule has 0 aliphatic carbocycles. The van der Waals surface area contributed by atoms with Gasteiger partial charge < -0.3 is 10.6 Å². The number of nitrogens with one attached hydrogen (secondary N) is 2. The van der Waals surface area contributed by atoms with Crippen molar-refractivity contribution in [1.82, 2.24) is 5.32 Å². The molecule has 1 amide bonds. The van der Waals surface area contributed by atoms with Crippen molar-refractivity contribution in [1.29, 1.82) is 0 Å². The van der Waals surface area contributed by atoms with E-state index < -0.39 is 18.6 Å². The molecule has 0 spiro atoms. The van der Waals surface area contributed by atoms with Crippen LogP contribution in [0.4, 0.5) is 18.9 Å². The van der Waals surface area contributed by atoms with Gasteiger partial charge in [0.05, 0.1) is 13.1 Å². The fraction of sp³-hybridized carbons (Fsp3) is 0.500. The van der Waals surface area contributed by atoms with Gasteiger partial charge >= 0.3 is 6.18 Å². The number of amides is 1. The normalized spacial score (nSPS) is 12.3. The van der Waals surface area contributed by atoms with E-state index >= 15 is 0 Å². The van der Waals surface area contributed by atoms with Crippen LogP contribution in [-0.2, 0) is 10.2 Å². The highest BCUT2D eigenvalue weighted by atomic mass is 19.4. The summed E-state index contributed by atoms with van der Waals surface area (Å²) in [5.41, 5.74) is 1.39. The lowest BCUT2D eigenvalue weighted by Gasteiger charge is -2.23. The summed E-state index contributed by atoms with van der Waals surface area (Å²) in [6.45, 7) is 4.44. The molecule has 1 aromatic rings. The molecule has 1 rings (SSSR count). The van der Waals surface area contributed by atoms with E-state index in [4.69, 9.17) is 0 Å². The smallest absolute Gasteiger partial charge is 0.325 e. The number of carbonyl (C=O) groups is 1. The van der Waals surface area contributed by atoms with Crippen molar-refractivity contribution in [3.05, 3.63) is 29.8 Å². The van der Waals surface area contributed by atoms with Gasteiger partial charge in [-0.15, -0.1) is 0 Å². The highest BCUT2D eigenvalue weighted by Gasteiger charge is 2.26. The average molecular weight is 288 g/mol. The van der Waals surface area contributed by atoms with Gasteiger partial charge in [-0.1, -0.05) is 39.0 Å². The van der Waals surface area contributed by atoms with Crippen LogP contribution >= 0.6 is 0 Å². The van der Waals surface area contributed by atoms with E-state index in [1.54, 1.807) is 12.1 Å². The summed E-state index contributed by atoms with van der Waals surface area (Å²) in [5, 5.41) is 4.70. The van der Waals surface area contributed by atoms with Crippen LogP contribution < -0.4 is 10.6 Å². The number of anilines is 1. The van der Waals surface area contributed by atoms with Gasteiger partial charge in [-0.3, -0.25) is 4.79 Å². The SMILES string of the molecule is CC(C)(C)c1ccccc1NC(=O)CNCC(F)(F)F. The molecular weight excluding hydrogens is 269 g/mol. The maximum atomic E-state index is 12.0. The van der Waals surface area contributed by atoms with E-state index in [9.17, 15) is 18.0 Å². The fourth-order valence-electron chi connectivity index (χ4n) is 1.76. The fourth-order valence-corrected chi connectivity index (χ4v) is 1.76. The van der Waals surface area contributed by atoms with Gasteiger partial charge in [0.2, 0.25) is 5.91 Å². The summed E-state index contributed by atoms with van der Waals surface area (Å²) < 4.78 is 35.9. The van der Waals surface area contributed by atoms with Gasteiger partial charge in [0.15, 0.2) is 0 Å². The third-order valence-corrected chi connectivity index (χ3v) is 2.62. The first-order chi connectivity index (χ1) is 9.09. The minimum Gasteiger partial charge on any atom is -0.325 e. The van der Waals surface area contributed by atoms with Crippen LogP contribution in [0.3, 0.4) is 0 Å². The van der Waals surface area contributed by atoms with Gasteiger partial charge in [-0.2, -0.15) is 13.2 Å². The Hall–Kier alpha value is -1.56. The first kappa shape index (κ1) is 16.5. The van der Waals surface area contributed by atoms with Gasteiger partial charge in [0, 0.05) is 5.69 Å². The summed E-state index contributed by atoms with van der Waals surface area (Å²) in [6, 6.07) is 7.26. The minimum absolute atomic E-state index is 0.163. The van der Waals surface area contributed by atoms with E-state index in [0.29, 0.717) is 5.69 Å². The van der Waals surface area contributed by atoms with Crippen molar-refractivity contribution in [2.45, 2.75) is 32.4 Å². The van der Waals surface area contributed by atoms with Crippen molar-refractivity contribution in [3.8, 4) is 0 Å². The minimum atomic E-state index is -4.32. The number of benzene rings is 1. The Kier molecular flexibility index (Phi) is 5.16.